The summed E-state index contributed by atoms with van der Waals surface area (Å²) in [6, 6.07) is 0. The summed E-state index contributed by atoms with van der Waals surface area (Å²) < 4.78 is 25.3. The molecule has 8 nitrogen and oxygen atoms in total. The van der Waals surface area contributed by atoms with Gasteiger partial charge in [0.05, 0.1) is 18.8 Å². The number of carbonyl (C=O) groups excluding carboxylic acids is 1. The largest absolute Gasteiger partial charge is 0.462 e. The van der Waals surface area contributed by atoms with E-state index in [1.165, 1.54) is 5.57 Å². The highest BCUT2D eigenvalue weighted by Gasteiger charge is 2.59. The predicted octanol–water partition coefficient (Wildman–Crippen LogP) is 5.00. The quantitative estimate of drug-likeness (QED) is 0.192. The van der Waals surface area contributed by atoms with Crippen molar-refractivity contribution >= 4 is 11.7 Å². The SMILES string of the molecule is CC1=C[C@H]2C(=O)O[C@H]3C[C@@H](C/C=C(\C)C[C@@H](C)/C=C/C=C4\CO[C@H](/C1=N/O)[C@@]42O)O[C@@]1(CCC(C)[C@@H](C)O1)C3. The average molecular weight is 542 g/mol. The highest BCUT2D eigenvalue weighted by molar-refractivity contribution is 6.06. The Bertz CT molecular complexity index is 1120. The fourth-order valence-electron chi connectivity index (χ4n) is 6.85. The van der Waals surface area contributed by atoms with Gasteiger partial charge in [-0.1, -0.05) is 55.0 Å². The number of nitrogens with zero attached hydrogens (tertiary/aromatic N) is 1. The van der Waals surface area contributed by atoms with Crippen molar-refractivity contribution in [1.29, 1.82) is 0 Å². The van der Waals surface area contributed by atoms with Gasteiger partial charge < -0.3 is 29.3 Å². The zero-order valence-corrected chi connectivity index (χ0v) is 23.8. The minimum absolute atomic E-state index is 0.0431. The third-order valence-electron chi connectivity index (χ3n) is 9.25. The van der Waals surface area contributed by atoms with Crippen molar-refractivity contribution in [3.05, 3.63) is 47.1 Å². The molecule has 3 saturated heterocycles. The second kappa shape index (κ2) is 11.0. The summed E-state index contributed by atoms with van der Waals surface area (Å²) in [4.78, 5) is 13.9. The molecular weight excluding hydrogens is 498 g/mol. The lowest BCUT2D eigenvalue weighted by Gasteiger charge is -2.49. The summed E-state index contributed by atoms with van der Waals surface area (Å²) in [6.45, 7) is 10.4. The van der Waals surface area contributed by atoms with Crippen molar-refractivity contribution in [1.82, 2.24) is 0 Å². The van der Waals surface area contributed by atoms with E-state index in [2.05, 4.69) is 45.0 Å². The number of hydrogen-bond acceptors (Lipinski definition) is 8. The normalized spacial score (nSPS) is 47.8. The molecule has 1 unspecified atom stereocenters. The maximum Gasteiger partial charge on any atom is 0.316 e. The third kappa shape index (κ3) is 5.41. The van der Waals surface area contributed by atoms with Gasteiger partial charge in [-0.05, 0) is 63.0 Å². The molecule has 0 aromatic carbocycles. The third-order valence-corrected chi connectivity index (χ3v) is 9.25. The van der Waals surface area contributed by atoms with Crippen LogP contribution < -0.4 is 0 Å². The molecule has 4 heterocycles. The maximum atomic E-state index is 13.9. The van der Waals surface area contributed by atoms with E-state index in [4.69, 9.17) is 18.9 Å². The molecule has 2 N–H and O–H groups in total. The Hall–Kier alpha value is -2.26. The summed E-state index contributed by atoms with van der Waals surface area (Å²) >= 11 is 0. The molecule has 39 heavy (non-hydrogen) atoms. The summed E-state index contributed by atoms with van der Waals surface area (Å²) in [5, 5.41) is 25.2. The van der Waals surface area contributed by atoms with Gasteiger partial charge in [-0.25, -0.2) is 0 Å². The number of aliphatic hydroxyl groups is 1. The maximum absolute atomic E-state index is 13.9. The molecular formula is C31H43NO7. The lowest BCUT2D eigenvalue weighted by Crippen LogP contribution is -2.57. The molecule has 1 aliphatic carbocycles. The molecule has 2 bridgehead atoms. The van der Waals surface area contributed by atoms with Gasteiger partial charge in [-0.15, -0.1) is 0 Å². The number of ether oxygens (including phenoxy) is 4. The van der Waals surface area contributed by atoms with Gasteiger partial charge in [-0.3, -0.25) is 4.79 Å². The number of oxime groups is 1. The summed E-state index contributed by atoms with van der Waals surface area (Å²) in [7, 11) is 0. The first-order valence-electron chi connectivity index (χ1n) is 14.4. The fourth-order valence-corrected chi connectivity index (χ4v) is 6.85. The summed E-state index contributed by atoms with van der Waals surface area (Å²) in [5.74, 6) is -1.62. The molecule has 0 aromatic heterocycles. The molecule has 0 amide bonds. The van der Waals surface area contributed by atoms with Crippen LogP contribution in [-0.2, 0) is 23.7 Å². The molecule has 5 aliphatic rings. The molecule has 0 radical (unpaired) electrons. The first-order chi connectivity index (χ1) is 18.5. The van der Waals surface area contributed by atoms with E-state index >= 15 is 0 Å². The van der Waals surface area contributed by atoms with Crippen molar-refractivity contribution in [2.75, 3.05) is 6.61 Å². The molecule has 0 aromatic rings. The first kappa shape index (κ1) is 28.3. The minimum atomic E-state index is -1.72. The van der Waals surface area contributed by atoms with E-state index in [9.17, 15) is 15.1 Å². The van der Waals surface area contributed by atoms with E-state index in [0.29, 0.717) is 36.3 Å². The van der Waals surface area contributed by atoms with Crippen LogP contribution in [0.1, 0.15) is 73.1 Å². The van der Waals surface area contributed by atoms with Crippen LogP contribution in [-0.4, -0.2) is 64.4 Å². The van der Waals surface area contributed by atoms with Crippen molar-refractivity contribution in [3.8, 4) is 0 Å². The molecule has 1 spiro atoms. The second-order valence-corrected chi connectivity index (χ2v) is 12.4. The van der Waals surface area contributed by atoms with E-state index in [1.807, 2.05) is 12.2 Å². The smallest absolute Gasteiger partial charge is 0.316 e. The number of carbonyl (C=O) groups is 1. The monoisotopic (exact) mass is 541 g/mol. The lowest BCUT2D eigenvalue weighted by molar-refractivity contribution is -0.332. The number of fused-ring (bicyclic) bond motifs is 2. The van der Waals surface area contributed by atoms with Crippen LogP contribution in [0.3, 0.4) is 0 Å². The standard InChI is InChI=1S/C31H43NO7/c1-18-7-6-8-23-17-36-28-27(32-35)21(4)14-26(31(23,28)34)29(33)37-25-15-24(10-9-19(2)13-18)39-30(16-25)12-11-20(3)22(5)38-30/h6-9,14,18,20,22,24-26,28,34-35H,10-13,15-17H2,1-5H3/b7-6+,19-9+,23-8+,32-27+/t18-,20?,22+,24+,25-,26-,28+,30-,31+/m0/s1. The van der Waals surface area contributed by atoms with Gasteiger partial charge in [0, 0.05) is 19.3 Å². The van der Waals surface area contributed by atoms with Gasteiger partial charge in [0.15, 0.2) is 5.79 Å². The van der Waals surface area contributed by atoms with E-state index < -0.39 is 35.5 Å². The second-order valence-electron chi connectivity index (χ2n) is 12.4. The zero-order chi connectivity index (χ0) is 27.9. The first-order valence-corrected chi connectivity index (χ1v) is 14.4. The Kier molecular flexibility index (Phi) is 7.94. The number of hydrogen-bond donors (Lipinski definition) is 2. The number of esters is 1. The Morgan fingerprint density at radius 1 is 1.13 bits per heavy atom. The van der Waals surface area contributed by atoms with Crippen LogP contribution in [0.25, 0.3) is 0 Å². The van der Waals surface area contributed by atoms with Crippen molar-refractivity contribution in [2.45, 2.75) is 109 Å². The minimum Gasteiger partial charge on any atom is -0.462 e. The molecule has 8 heteroatoms. The lowest BCUT2D eigenvalue weighted by atomic mass is 9.71. The fraction of sp³-hybridized carbons (Fsp3) is 0.677. The highest BCUT2D eigenvalue weighted by Crippen LogP contribution is 2.46. The van der Waals surface area contributed by atoms with Gasteiger partial charge in [0.25, 0.3) is 0 Å². The molecule has 214 valence electrons. The highest BCUT2D eigenvalue weighted by atomic mass is 16.7. The summed E-state index contributed by atoms with van der Waals surface area (Å²) in [5.41, 5.74) is 0.916. The Labute approximate surface area is 231 Å². The van der Waals surface area contributed by atoms with Gasteiger partial charge in [0.1, 0.15) is 29.4 Å². The van der Waals surface area contributed by atoms with Crippen molar-refractivity contribution in [2.24, 2.45) is 22.9 Å². The van der Waals surface area contributed by atoms with Crippen LogP contribution in [0.5, 0.6) is 0 Å². The Morgan fingerprint density at radius 3 is 2.67 bits per heavy atom. The van der Waals surface area contributed by atoms with Crippen molar-refractivity contribution in [3.63, 3.8) is 0 Å². The predicted molar refractivity (Wildman–Crippen MR) is 146 cm³/mol. The molecule has 0 saturated carbocycles. The van der Waals surface area contributed by atoms with Crippen LogP contribution in [0.4, 0.5) is 0 Å². The van der Waals surface area contributed by atoms with Crippen LogP contribution in [0.15, 0.2) is 52.3 Å². The summed E-state index contributed by atoms with van der Waals surface area (Å²) in [6.07, 6.45) is 12.6. The topological polar surface area (TPSA) is 107 Å². The van der Waals surface area contributed by atoms with Crippen LogP contribution in [0, 0.1) is 17.8 Å². The molecule has 5 rings (SSSR count). The van der Waals surface area contributed by atoms with E-state index in [-0.39, 0.29) is 30.4 Å². The molecule has 3 fully saturated rings. The van der Waals surface area contributed by atoms with Gasteiger partial charge in [0.2, 0.25) is 0 Å². The number of rotatable bonds is 0. The van der Waals surface area contributed by atoms with Crippen LogP contribution in [0.2, 0.25) is 0 Å². The average Bonchev–Trinajstić information content (AvgIpc) is 3.21. The van der Waals surface area contributed by atoms with Gasteiger partial charge in [-0.2, -0.15) is 0 Å². The molecule has 4 aliphatic heterocycles. The van der Waals surface area contributed by atoms with Crippen molar-refractivity contribution < 1.29 is 34.1 Å². The zero-order valence-electron chi connectivity index (χ0n) is 23.8. The van der Waals surface area contributed by atoms with E-state index in [0.717, 1.165) is 19.3 Å². The van der Waals surface area contributed by atoms with Gasteiger partial charge >= 0.3 is 5.97 Å². The Balaban J connectivity index is 1.53. The number of allylic oxidation sites excluding steroid dienone is 4. The van der Waals surface area contributed by atoms with E-state index in [1.54, 1.807) is 13.0 Å². The van der Waals surface area contributed by atoms with Crippen LogP contribution >= 0.6 is 0 Å². The Morgan fingerprint density at radius 2 is 1.92 bits per heavy atom. The molecule has 9 atom stereocenters.